The Bertz CT molecular complexity index is 733. The maximum Gasteiger partial charge on any atom is 0.272 e. The summed E-state index contributed by atoms with van der Waals surface area (Å²) in [6, 6.07) is 7.52. The van der Waals surface area contributed by atoms with Crippen LogP contribution in [0.15, 0.2) is 24.3 Å². The number of nitrogens with one attached hydrogen (secondary N) is 2. The summed E-state index contributed by atoms with van der Waals surface area (Å²) in [6.07, 6.45) is 3.66. The lowest BCUT2D eigenvalue weighted by Gasteiger charge is -2.27. The zero-order valence-corrected chi connectivity index (χ0v) is 14.1. The van der Waals surface area contributed by atoms with E-state index in [4.69, 9.17) is 4.74 Å². The molecule has 6 nitrogen and oxygen atoms in total. The lowest BCUT2D eigenvalue weighted by Crippen LogP contribution is -2.49. The number of ether oxygens (including phenoxy) is 1. The van der Waals surface area contributed by atoms with Crippen molar-refractivity contribution in [1.82, 2.24) is 15.3 Å². The quantitative estimate of drug-likeness (QED) is 0.786. The number of aryl methyl sites for hydroxylation is 1. The van der Waals surface area contributed by atoms with Crippen LogP contribution in [0.5, 0.6) is 5.75 Å². The summed E-state index contributed by atoms with van der Waals surface area (Å²) in [7, 11) is 1.61. The van der Waals surface area contributed by atoms with E-state index in [2.05, 4.69) is 15.3 Å². The number of rotatable bonds is 5. The molecule has 0 radical (unpaired) electrons. The molecule has 1 saturated carbocycles. The van der Waals surface area contributed by atoms with Gasteiger partial charge in [-0.05, 0) is 31.9 Å². The Balaban J connectivity index is 1.84. The fraction of sp³-hybridized carbons (Fsp3) is 0.444. The highest BCUT2D eigenvalue weighted by Crippen LogP contribution is 2.30. The number of methoxy groups -OCH3 is 1. The largest absolute Gasteiger partial charge is 0.497 e. The molecule has 0 bridgehead atoms. The molecule has 1 aliphatic rings. The molecule has 1 heterocycles. The summed E-state index contributed by atoms with van der Waals surface area (Å²) in [5.41, 5.74) is 1.43. The predicted molar refractivity (Wildman–Crippen MR) is 91.1 cm³/mol. The third kappa shape index (κ3) is 3.14. The van der Waals surface area contributed by atoms with E-state index >= 15 is 0 Å². The van der Waals surface area contributed by atoms with Crippen LogP contribution in [0.25, 0.3) is 11.4 Å². The second kappa shape index (κ2) is 6.65. The van der Waals surface area contributed by atoms with Crippen molar-refractivity contribution >= 4 is 5.91 Å². The highest BCUT2D eigenvalue weighted by atomic mass is 16.5. The monoisotopic (exact) mass is 329 g/mol. The van der Waals surface area contributed by atoms with Crippen LogP contribution in [0.4, 0.5) is 0 Å². The SMILES string of the molecule is COc1cccc(-c2nc(C(=O)NC3(CO)CCCC3)c(C)[nH]2)c1. The van der Waals surface area contributed by atoms with Gasteiger partial charge in [-0.1, -0.05) is 25.0 Å². The van der Waals surface area contributed by atoms with Gasteiger partial charge in [-0.3, -0.25) is 4.79 Å². The summed E-state index contributed by atoms with van der Waals surface area (Å²) in [5, 5.41) is 12.7. The van der Waals surface area contributed by atoms with Crippen molar-refractivity contribution in [2.75, 3.05) is 13.7 Å². The number of aliphatic hydroxyl groups is 1. The molecule has 3 N–H and O–H groups in total. The number of amides is 1. The van der Waals surface area contributed by atoms with Crippen LogP contribution in [0, 0.1) is 6.92 Å². The van der Waals surface area contributed by atoms with Gasteiger partial charge in [-0.2, -0.15) is 0 Å². The number of aliphatic hydroxyl groups excluding tert-OH is 1. The average Bonchev–Trinajstić information content (AvgIpc) is 3.22. The van der Waals surface area contributed by atoms with E-state index in [0.29, 0.717) is 17.2 Å². The maximum absolute atomic E-state index is 12.6. The average molecular weight is 329 g/mol. The standard InChI is InChI=1S/C18H23N3O3/c1-12-15(17(23)21-18(11-22)8-3-4-9-18)20-16(19-12)13-6-5-7-14(10-13)24-2/h5-7,10,22H,3-4,8-9,11H2,1-2H3,(H,19,20)(H,21,23). The molecule has 24 heavy (non-hydrogen) atoms. The summed E-state index contributed by atoms with van der Waals surface area (Å²) < 4.78 is 5.23. The molecule has 1 amide bonds. The molecule has 0 unspecified atom stereocenters. The van der Waals surface area contributed by atoms with Gasteiger partial charge in [0.15, 0.2) is 0 Å². The number of H-pyrrole nitrogens is 1. The molecule has 1 aromatic carbocycles. The van der Waals surface area contributed by atoms with Crippen LogP contribution in [-0.4, -0.2) is 40.2 Å². The second-order valence-corrected chi connectivity index (χ2v) is 6.39. The summed E-state index contributed by atoms with van der Waals surface area (Å²) in [6.45, 7) is 1.79. The van der Waals surface area contributed by atoms with Gasteiger partial charge in [0.05, 0.1) is 19.3 Å². The Morgan fingerprint density at radius 3 is 2.83 bits per heavy atom. The van der Waals surface area contributed by atoms with Crippen LogP contribution in [0.2, 0.25) is 0 Å². The first kappa shape index (κ1) is 16.5. The number of aromatic amines is 1. The van der Waals surface area contributed by atoms with Crippen molar-refractivity contribution in [3.8, 4) is 17.1 Å². The van der Waals surface area contributed by atoms with Crippen LogP contribution >= 0.6 is 0 Å². The van der Waals surface area contributed by atoms with Crippen LogP contribution in [0.1, 0.15) is 41.9 Å². The predicted octanol–water partition coefficient (Wildman–Crippen LogP) is 2.43. The molecule has 128 valence electrons. The van der Waals surface area contributed by atoms with E-state index in [9.17, 15) is 9.90 Å². The summed E-state index contributed by atoms with van der Waals surface area (Å²) in [5.74, 6) is 1.12. The van der Waals surface area contributed by atoms with Gasteiger partial charge in [0.2, 0.25) is 0 Å². The molecular weight excluding hydrogens is 306 g/mol. The van der Waals surface area contributed by atoms with E-state index in [-0.39, 0.29) is 12.5 Å². The molecule has 3 rings (SSSR count). The van der Waals surface area contributed by atoms with E-state index in [1.807, 2.05) is 31.2 Å². The third-order valence-corrected chi connectivity index (χ3v) is 4.68. The minimum absolute atomic E-state index is 0.0368. The van der Waals surface area contributed by atoms with Crippen molar-refractivity contribution in [1.29, 1.82) is 0 Å². The van der Waals surface area contributed by atoms with Gasteiger partial charge in [0.1, 0.15) is 17.3 Å². The minimum atomic E-state index is -0.501. The number of carbonyl (C=O) groups is 1. The van der Waals surface area contributed by atoms with Crippen LogP contribution in [-0.2, 0) is 0 Å². The third-order valence-electron chi connectivity index (χ3n) is 4.68. The number of imidazole rings is 1. The van der Waals surface area contributed by atoms with Gasteiger partial charge in [-0.25, -0.2) is 4.98 Å². The van der Waals surface area contributed by atoms with E-state index in [1.165, 1.54) is 0 Å². The van der Waals surface area contributed by atoms with Gasteiger partial charge >= 0.3 is 0 Å². The smallest absolute Gasteiger partial charge is 0.272 e. The van der Waals surface area contributed by atoms with Crippen molar-refractivity contribution < 1.29 is 14.6 Å². The van der Waals surface area contributed by atoms with Crippen LogP contribution in [0.3, 0.4) is 0 Å². The number of carbonyl (C=O) groups excluding carboxylic acids is 1. The van der Waals surface area contributed by atoms with Gasteiger partial charge in [0, 0.05) is 11.3 Å². The summed E-state index contributed by atoms with van der Waals surface area (Å²) >= 11 is 0. The van der Waals surface area contributed by atoms with E-state index in [1.54, 1.807) is 7.11 Å². The summed E-state index contributed by atoms with van der Waals surface area (Å²) in [4.78, 5) is 20.2. The molecule has 0 saturated heterocycles. The van der Waals surface area contributed by atoms with Crippen molar-refractivity contribution in [3.05, 3.63) is 35.7 Å². The number of aromatic nitrogens is 2. The fourth-order valence-electron chi connectivity index (χ4n) is 3.26. The Kier molecular flexibility index (Phi) is 4.57. The first-order chi connectivity index (χ1) is 11.6. The van der Waals surface area contributed by atoms with Crippen molar-refractivity contribution in [2.24, 2.45) is 0 Å². The second-order valence-electron chi connectivity index (χ2n) is 6.39. The molecular formula is C18H23N3O3. The molecule has 0 spiro atoms. The molecule has 1 aromatic heterocycles. The number of hydrogen-bond acceptors (Lipinski definition) is 4. The van der Waals surface area contributed by atoms with Crippen molar-refractivity contribution in [3.63, 3.8) is 0 Å². The van der Waals surface area contributed by atoms with Gasteiger partial charge in [0.25, 0.3) is 5.91 Å². The molecule has 2 aromatic rings. The Morgan fingerprint density at radius 2 is 2.17 bits per heavy atom. The highest BCUT2D eigenvalue weighted by molar-refractivity contribution is 5.94. The lowest BCUT2D eigenvalue weighted by atomic mass is 9.98. The Hall–Kier alpha value is -2.34. The van der Waals surface area contributed by atoms with E-state index < -0.39 is 5.54 Å². The molecule has 0 atom stereocenters. The van der Waals surface area contributed by atoms with Crippen molar-refractivity contribution in [2.45, 2.75) is 38.1 Å². The molecule has 1 fully saturated rings. The molecule has 0 aliphatic heterocycles. The minimum Gasteiger partial charge on any atom is -0.497 e. The normalized spacial score (nSPS) is 16.1. The highest BCUT2D eigenvalue weighted by Gasteiger charge is 2.35. The van der Waals surface area contributed by atoms with Crippen LogP contribution < -0.4 is 10.1 Å². The molecule has 1 aliphatic carbocycles. The molecule has 6 heteroatoms. The zero-order valence-electron chi connectivity index (χ0n) is 14.1. The first-order valence-electron chi connectivity index (χ1n) is 8.21. The fourth-order valence-corrected chi connectivity index (χ4v) is 3.26. The van der Waals surface area contributed by atoms with Gasteiger partial charge in [-0.15, -0.1) is 0 Å². The lowest BCUT2D eigenvalue weighted by molar-refractivity contribution is 0.0833. The Morgan fingerprint density at radius 1 is 1.42 bits per heavy atom. The van der Waals surface area contributed by atoms with Gasteiger partial charge < -0.3 is 20.1 Å². The number of hydrogen-bond donors (Lipinski definition) is 3. The Labute approximate surface area is 141 Å². The zero-order chi connectivity index (χ0) is 17.2. The maximum atomic E-state index is 12.6. The number of nitrogens with zero attached hydrogens (tertiary/aromatic N) is 1. The number of benzene rings is 1. The first-order valence-corrected chi connectivity index (χ1v) is 8.21. The topological polar surface area (TPSA) is 87.2 Å². The van der Waals surface area contributed by atoms with E-state index in [0.717, 1.165) is 37.0 Å².